The van der Waals surface area contributed by atoms with Gasteiger partial charge in [-0.25, -0.2) is 4.98 Å². The maximum Gasteiger partial charge on any atom is 0.134 e. The van der Waals surface area contributed by atoms with Crippen molar-refractivity contribution in [1.82, 2.24) is 19.4 Å². The highest BCUT2D eigenvalue weighted by atomic mass is 15.3. The Bertz CT molecular complexity index is 1060. The highest BCUT2D eigenvalue weighted by Gasteiger charge is 2.29. The van der Waals surface area contributed by atoms with Crippen molar-refractivity contribution in [1.29, 1.82) is 0 Å². The van der Waals surface area contributed by atoms with Crippen LogP contribution in [0.5, 0.6) is 0 Å². The lowest BCUT2D eigenvalue weighted by molar-refractivity contribution is 0.215. The van der Waals surface area contributed by atoms with E-state index in [1.54, 1.807) is 0 Å². The van der Waals surface area contributed by atoms with Gasteiger partial charge < -0.3 is 19.7 Å². The van der Waals surface area contributed by atoms with E-state index in [2.05, 4.69) is 79.3 Å². The Kier molecular flexibility index (Phi) is 5.33. The lowest BCUT2D eigenvalue weighted by Gasteiger charge is -2.38. The summed E-state index contributed by atoms with van der Waals surface area (Å²) < 4.78 is 2.31. The van der Waals surface area contributed by atoms with Gasteiger partial charge in [0.2, 0.25) is 0 Å². The van der Waals surface area contributed by atoms with Gasteiger partial charge >= 0.3 is 0 Å². The molecule has 5 heterocycles. The molecule has 0 aliphatic carbocycles. The van der Waals surface area contributed by atoms with Gasteiger partial charge in [0, 0.05) is 62.9 Å². The molecule has 2 saturated heterocycles. The van der Waals surface area contributed by atoms with Crippen LogP contribution >= 0.6 is 0 Å². The van der Waals surface area contributed by atoms with E-state index < -0.39 is 0 Å². The molecule has 0 radical (unpaired) electrons. The number of anilines is 2. The third-order valence-corrected chi connectivity index (χ3v) is 7.27. The van der Waals surface area contributed by atoms with Crippen LogP contribution in [0.15, 0.2) is 60.9 Å². The Balaban J connectivity index is 1.20. The molecule has 166 valence electrons. The number of nitrogens with one attached hydrogen (secondary N) is 1. The van der Waals surface area contributed by atoms with Crippen molar-refractivity contribution in [2.75, 3.05) is 62.6 Å². The van der Waals surface area contributed by atoms with E-state index in [0.717, 1.165) is 32.0 Å². The van der Waals surface area contributed by atoms with Crippen molar-refractivity contribution in [2.45, 2.75) is 18.9 Å². The average molecular weight is 429 g/mol. The van der Waals surface area contributed by atoms with Crippen molar-refractivity contribution in [3.8, 4) is 5.69 Å². The van der Waals surface area contributed by atoms with E-state index in [9.17, 15) is 0 Å². The molecule has 1 unspecified atom stereocenters. The second kappa shape index (κ2) is 8.60. The summed E-state index contributed by atoms with van der Waals surface area (Å²) in [4.78, 5) is 12.6. The summed E-state index contributed by atoms with van der Waals surface area (Å²) in [6, 6.07) is 17.3. The van der Waals surface area contributed by atoms with Crippen molar-refractivity contribution < 1.29 is 0 Å². The molecule has 2 aromatic heterocycles. The molecule has 6 rings (SSSR count). The van der Waals surface area contributed by atoms with Crippen LogP contribution in [0.4, 0.5) is 11.5 Å². The molecule has 0 bridgehead atoms. The maximum atomic E-state index is 4.87. The monoisotopic (exact) mass is 428 g/mol. The zero-order chi connectivity index (χ0) is 21.3. The Morgan fingerprint density at radius 2 is 1.59 bits per heavy atom. The minimum atomic E-state index is 0.0943. The lowest BCUT2D eigenvalue weighted by atomic mass is 10.0. The topological polar surface area (TPSA) is 39.6 Å². The fourth-order valence-corrected chi connectivity index (χ4v) is 5.49. The Labute approximate surface area is 190 Å². The largest absolute Gasteiger partial charge is 0.371 e. The number of rotatable bonds is 5. The van der Waals surface area contributed by atoms with E-state index in [1.807, 2.05) is 6.20 Å². The first-order valence-corrected chi connectivity index (χ1v) is 12.0. The third kappa shape index (κ3) is 3.67. The van der Waals surface area contributed by atoms with Gasteiger partial charge in [-0.3, -0.25) is 4.90 Å². The van der Waals surface area contributed by atoms with Gasteiger partial charge in [-0.15, -0.1) is 0 Å². The first kappa shape index (κ1) is 19.8. The van der Waals surface area contributed by atoms with E-state index in [0.29, 0.717) is 0 Å². The molecule has 1 N–H and O–H groups in total. The normalized spacial score (nSPS) is 21.2. The number of para-hydroxylation sites is 2. The minimum absolute atomic E-state index is 0.0943. The standard InChI is InChI=1S/C26H32N6/c1-2-9-23-22(8-1)28-25(24-10-6-14-32(23)24)21-7-5-11-27-26(21)31-19-17-30(18-20-31)16-15-29-12-3-4-13-29/h1-2,5-11,14,25,28H,3-4,12-13,15-20H2. The summed E-state index contributed by atoms with van der Waals surface area (Å²) in [6.07, 6.45) is 6.85. The third-order valence-electron chi connectivity index (χ3n) is 7.27. The van der Waals surface area contributed by atoms with Gasteiger partial charge in [-0.1, -0.05) is 18.2 Å². The number of hydrogen-bond acceptors (Lipinski definition) is 5. The summed E-state index contributed by atoms with van der Waals surface area (Å²) in [5, 5.41) is 3.79. The van der Waals surface area contributed by atoms with E-state index in [-0.39, 0.29) is 6.04 Å². The summed E-state index contributed by atoms with van der Waals surface area (Å²) in [5.41, 5.74) is 4.90. The smallest absolute Gasteiger partial charge is 0.134 e. The van der Waals surface area contributed by atoms with Crippen LogP contribution in [0.3, 0.4) is 0 Å². The van der Waals surface area contributed by atoms with Gasteiger partial charge in [0.1, 0.15) is 5.82 Å². The second-order valence-electron chi connectivity index (χ2n) is 9.19. The molecule has 0 saturated carbocycles. The number of nitrogens with zero attached hydrogens (tertiary/aromatic N) is 5. The quantitative estimate of drug-likeness (QED) is 0.672. The Hall–Kier alpha value is -2.83. The number of likely N-dealkylation sites (tertiary alicyclic amines) is 1. The molecule has 1 aromatic carbocycles. The number of piperazine rings is 1. The molecule has 3 aliphatic rings. The Morgan fingerprint density at radius 3 is 2.44 bits per heavy atom. The molecule has 3 aromatic rings. The minimum Gasteiger partial charge on any atom is -0.371 e. The fourth-order valence-electron chi connectivity index (χ4n) is 5.49. The number of aromatic nitrogens is 2. The first-order chi connectivity index (χ1) is 15.9. The number of benzene rings is 1. The van der Waals surface area contributed by atoms with Crippen LogP contribution in [-0.4, -0.2) is 71.7 Å². The maximum absolute atomic E-state index is 4.87. The highest BCUT2D eigenvalue weighted by molar-refractivity contribution is 5.68. The van der Waals surface area contributed by atoms with Crippen LogP contribution in [-0.2, 0) is 0 Å². The van der Waals surface area contributed by atoms with Gasteiger partial charge in [-0.2, -0.15) is 0 Å². The summed E-state index contributed by atoms with van der Waals surface area (Å²) in [5.74, 6) is 1.12. The van der Waals surface area contributed by atoms with Crippen LogP contribution < -0.4 is 10.2 Å². The predicted molar refractivity (Wildman–Crippen MR) is 130 cm³/mol. The number of pyridine rings is 1. The number of hydrogen-bond donors (Lipinski definition) is 1. The molecule has 6 nitrogen and oxygen atoms in total. The van der Waals surface area contributed by atoms with Crippen molar-refractivity contribution in [3.63, 3.8) is 0 Å². The molecular weight excluding hydrogens is 396 g/mol. The molecular formula is C26H32N6. The van der Waals surface area contributed by atoms with Crippen molar-refractivity contribution in [2.24, 2.45) is 0 Å². The zero-order valence-corrected chi connectivity index (χ0v) is 18.7. The summed E-state index contributed by atoms with van der Waals surface area (Å²) in [6.45, 7) is 9.28. The Morgan fingerprint density at radius 1 is 0.812 bits per heavy atom. The van der Waals surface area contributed by atoms with E-state index in [1.165, 1.54) is 61.7 Å². The number of fused-ring (bicyclic) bond motifs is 3. The van der Waals surface area contributed by atoms with E-state index >= 15 is 0 Å². The molecule has 6 heteroatoms. The van der Waals surface area contributed by atoms with Gasteiger partial charge in [-0.05, 0) is 56.3 Å². The van der Waals surface area contributed by atoms with Gasteiger partial charge in [0.15, 0.2) is 0 Å². The zero-order valence-electron chi connectivity index (χ0n) is 18.7. The van der Waals surface area contributed by atoms with Crippen LogP contribution in [0, 0.1) is 0 Å². The SMILES string of the molecule is c1ccc2c(c1)NC(c1cccnc1N1CCN(CCN3CCCC3)CC1)c1cccn1-2. The van der Waals surface area contributed by atoms with Crippen molar-refractivity contribution >= 4 is 11.5 Å². The fraction of sp³-hybridized carbons (Fsp3) is 0.423. The molecule has 1 atom stereocenters. The molecule has 0 spiro atoms. The van der Waals surface area contributed by atoms with Crippen LogP contribution in [0.25, 0.3) is 5.69 Å². The van der Waals surface area contributed by atoms with E-state index in [4.69, 9.17) is 4.98 Å². The average Bonchev–Trinajstić information content (AvgIpc) is 3.55. The van der Waals surface area contributed by atoms with Crippen LogP contribution in [0.1, 0.15) is 30.1 Å². The molecule has 0 amide bonds. The van der Waals surface area contributed by atoms with Crippen molar-refractivity contribution in [3.05, 3.63) is 72.2 Å². The summed E-state index contributed by atoms with van der Waals surface area (Å²) >= 11 is 0. The highest BCUT2D eigenvalue weighted by Crippen LogP contribution is 2.39. The lowest BCUT2D eigenvalue weighted by Crippen LogP contribution is -2.49. The van der Waals surface area contributed by atoms with Gasteiger partial charge in [0.25, 0.3) is 0 Å². The molecule has 32 heavy (non-hydrogen) atoms. The summed E-state index contributed by atoms with van der Waals surface area (Å²) in [7, 11) is 0. The van der Waals surface area contributed by atoms with Crippen LogP contribution in [0.2, 0.25) is 0 Å². The first-order valence-electron chi connectivity index (χ1n) is 12.0. The van der Waals surface area contributed by atoms with Gasteiger partial charge in [0.05, 0.1) is 17.4 Å². The predicted octanol–water partition coefficient (Wildman–Crippen LogP) is 3.61. The molecule has 2 fully saturated rings. The second-order valence-corrected chi connectivity index (χ2v) is 9.19. The molecule has 3 aliphatic heterocycles.